The number of aliphatic hydroxyl groups excluding tert-OH is 1. The first kappa shape index (κ1) is 16.5. The highest BCUT2D eigenvalue weighted by Gasteiger charge is 2.27. The van der Waals surface area contributed by atoms with Crippen molar-refractivity contribution in [3.63, 3.8) is 0 Å². The molecular formula is C17H24N2O3. The Balaban J connectivity index is 1.97. The minimum Gasteiger partial charge on any atom is -0.391 e. The minimum atomic E-state index is -0.597. The number of carbonyl (C=O) groups is 2. The van der Waals surface area contributed by atoms with E-state index in [0.717, 1.165) is 11.1 Å². The number of carbonyl (C=O) groups excluding carboxylic acids is 2. The van der Waals surface area contributed by atoms with Gasteiger partial charge in [-0.3, -0.25) is 9.59 Å². The molecule has 5 heteroatoms. The smallest absolute Gasteiger partial charge is 0.227 e. The van der Waals surface area contributed by atoms with Gasteiger partial charge in [-0.15, -0.1) is 0 Å². The van der Waals surface area contributed by atoms with Crippen LogP contribution >= 0.6 is 0 Å². The maximum Gasteiger partial charge on any atom is 0.227 e. The van der Waals surface area contributed by atoms with Crippen LogP contribution in [0.5, 0.6) is 0 Å². The van der Waals surface area contributed by atoms with Gasteiger partial charge < -0.3 is 15.3 Å². The lowest BCUT2D eigenvalue weighted by Gasteiger charge is -2.21. The van der Waals surface area contributed by atoms with Crippen LogP contribution in [0.2, 0.25) is 0 Å². The second-order valence-corrected chi connectivity index (χ2v) is 5.94. The molecule has 0 bridgehead atoms. The first-order valence-electron chi connectivity index (χ1n) is 7.75. The van der Waals surface area contributed by atoms with Crippen molar-refractivity contribution in [2.24, 2.45) is 0 Å². The fraction of sp³-hybridized carbons (Fsp3) is 0.529. The first-order chi connectivity index (χ1) is 10.5. The van der Waals surface area contributed by atoms with Crippen LogP contribution in [-0.4, -0.2) is 47.1 Å². The molecule has 2 N–H and O–H groups in total. The third-order valence-corrected chi connectivity index (χ3v) is 4.21. The van der Waals surface area contributed by atoms with Crippen LogP contribution < -0.4 is 5.32 Å². The summed E-state index contributed by atoms with van der Waals surface area (Å²) in [7, 11) is 0. The van der Waals surface area contributed by atoms with Gasteiger partial charge in [0.05, 0.1) is 18.6 Å². The SMILES string of the molecule is CC(=O)N[C@H]1CCN(C(=O)Cc2ccccc2C)CC[C@@H]1O. The number of benzene rings is 1. The Morgan fingerprint density at radius 3 is 2.64 bits per heavy atom. The number of nitrogens with zero attached hydrogens (tertiary/aromatic N) is 1. The molecule has 0 aromatic heterocycles. The van der Waals surface area contributed by atoms with Crippen molar-refractivity contribution < 1.29 is 14.7 Å². The van der Waals surface area contributed by atoms with E-state index in [2.05, 4.69) is 5.32 Å². The zero-order valence-electron chi connectivity index (χ0n) is 13.2. The second-order valence-electron chi connectivity index (χ2n) is 5.94. The summed E-state index contributed by atoms with van der Waals surface area (Å²) in [6.07, 6.45) is 0.860. The van der Waals surface area contributed by atoms with Crippen molar-refractivity contribution in [3.8, 4) is 0 Å². The van der Waals surface area contributed by atoms with Crippen molar-refractivity contribution >= 4 is 11.8 Å². The Kier molecular flexibility index (Phi) is 5.55. The molecule has 22 heavy (non-hydrogen) atoms. The maximum atomic E-state index is 12.5. The molecule has 0 aliphatic carbocycles. The van der Waals surface area contributed by atoms with Gasteiger partial charge in [-0.05, 0) is 30.9 Å². The number of aliphatic hydroxyl groups is 1. The van der Waals surface area contributed by atoms with Crippen molar-refractivity contribution in [2.45, 2.75) is 45.3 Å². The normalized spacial score (nSPS) is 22.0. The van der Waals surface area contributed by atoms with Gasteiger partial charge in [-0.1, -0.05) is 24.3 Å². The number of hydrogen-bond donors (Lipinski definition) is 2. The standard InChI is InChI=1S/C17H24N2O3/c1-12-5-3-4-6-14(12)11-17(22)19-9-7-15(18-13(2)20)16(21)8-10-19/h3-6,15-16,21H,7-11H2,1-2H3,(H,18,20)/t15-,16-/m0/s1. The predicted molar refractivity (Wildman–Crippen MR) is 84.3 cm³/mol. The Morgan fingerprint density at radius 2 is 1.95 bits per heavy atom. The molecule has 1 saturated heterocycles. The molecule has 120 valence electrons. The summed E-state index contributed by atoms with van der Waals surface area (Å²) in [6, 6.07) is 7.61. The van der Waals surface area contributed by atoms with Gasteiger partial charge in [0.15, 0.2) is 0 Å². The van der Waals surface area contributed by atoms with E-state index in [1.165, 1.54) is 6.92 Å². The highest BCUT2D eigenvalue weighted by atomic mass is 16.3. The van der Waals surface area contributed by atoms with Gasteiger partial charge in [-0.2, -0.15) is 0 Å². The minimum absolute atomic E-state index is 0.0741. The van der Waals surface area contributed by atoms with Gasteiger partial charge in [0.1, 0.15) is 0 Å². The third kappa shape index (κ3) is 4.31. The summed E-state index contributed by atoms with van der Waals surface area (Å²) in [5, 5.41) is 12.8. The monoisotopic (exact) mass is 304 g/mol. The van der Waals surface area contributed by atoms with Gasteiger partial charge in [-0.25, -0.2) is 0 Å². The first-order valence-corrected chi connectivity index (χ1v) is 7.75. The summed E-state index contributed by atoms with van der Waals surface area (Å²) in [5.41, 5.74) is 2.15. The molecule has 1 aromatic rings. The topological polar surface area (TPSA) is 69.6 Å². The summed E-state index contributed by atoms with van der Waals surface area (Å²) < 4.78 is 0. The Morgan fingerprint density at radius 1 is 1.27 bits per heavy atom. The van der Waals surface area contributed by atoms with Crippen LogP contribution in [0.4, 0.5) is 0 Å². The number of nitrogens with one attached hydrogen (secondary N) is 1. The summed E-state index contributed by atoms with van der Waals surface area (Å²) in [4.78, 5) is 25.4. The van der Waals surface area contributed by atoms with Crippen LogP contribution in [-0.2, 0) is 16.0 Å². The van der Waals surface area contributed by atoms with Gasteiger partial charge >= 0.3 is 0 Å². The molecule has 1 heterocycles. The number of amides is 2. The molecule has 1 aromatic carbocycles. The number of hydrogen-bond acceptors (Lipinski definition) is 3. The third-order valence-electron chi connectivity index (χ3n) is 4.21. The molecule has 5 nitrogen and oxygen atoms in total. The van der Waals surface area contributed by atoms with Crippen molar-refractivity contribution in [3.05, 3.63) is 35.4 Å². The molecule has 0 saturated carbocycles. The highest BCUT2D eigenvalue weighted by molar-refractivity contribution is 5.79. The van der Waals surface area contributed by atoms with Crippen molar-refractivity contribution in [1.82, 2.24) is 10.2 Å². The van der Waals surface area contributed by atoms with Gasteiger partial charge in [0, 0.05) is 20.0 Å². The van der Waals surface area contributed by atoms with Crippen LogP contribution in [0.1, 0.15) is 30.9 Å². The van der Waals surface area contributed by atoms with Crippen molar-refractivity contribution in [1.29, 1.82) is 0 Å². The van der Waals surface area contributed by atoms with Gasteiger partial charge in [0.2, 0.25) is 11.8 Å². The van der Waals surface area contributed by atoms with E-state index in [9.17, 15) is 14.7 Å². The Bertz CT molecular complexity index is 544. The molecule has 1 aliphatic heterocycles. The number of rotatable bonds is 3. The van der Waals surface area contributed by atoms with E-state index in [-0.39, 0.29) is 17.9 Å². The summed E-state index contributed by atoms with van der Waals surface area (Å²) in [6.45, 7) is 4.54. The molecule has 2 amide bonds. The fourth-order valence-electron chi connectivity index (χ4n) is 2.85. The zero-order chi connectivity index (χ0) is 16.1. The molecule has 0 radical (unpaired) electrons. The lowest BCUT2D eigenvalue weighted by molar-refractivity contribution is -0.130. The maximum absolute atomic E-state index is 12.5. The molecule has 2 atom stereocenters. The lowest BCUT2D eigenvalue weighted by Crippen LogP contribution is -2.42. The van der Waals surface area contributed by atoms with E-state index in [1.807, 2.05) is 31.2 Å². The van der Waals surface area contributed by atoms with Gasteiger partial charge in [0.25, 0.3) is 0 Å². The van der Waals surface area contributed by atoms with Crippen LogP contribution in [0.3, 0.4) is 0 Å². The number of likely N-dealkylation sites (tertiary alicyclic amines) is 1. The second kappa shape index (κ2) is 7.40. The van der Waals surface area contributed by atoms with Crippen LogP contribution in [0.15, 0.2) is 24.3 Å². The van der Waals surface area contributed by atoms with E-state index >= 15 is 0 Å². The molecular weight excluding hydrogens is 280 g/mol. The van der Waals surface area contributed by atoms with Crippen LogP contribution in [0.25, 0.3) is 0 Å². The van der Waals surface area contributed by atoms with E-state index < -0.39 is 6.10 Å². The number of aryl methyl sites for hydroxylation is 1. The molecule has 1 fully saturated rings. The predicted octanol–water partition coefficient (Wildman–Crippen LogP) is 1.03. The largest absolute Gasteiger partial charge is 0.391 e. The van der Waals surface area contributed by atoms with E-state index in [4.69, 9.17) is 0 Å². The summed E-state index contributed by atoms with van der Waals surface area (Å²) >= 11 is 0. The average Bonchev–Trinajstić information content (AvgIpc) is 2.64. The fourth-order valence-corrected chi connectivity index (χ4v) is 2.85. The highest BCUT2D eigenvalue weighted by Crippen LogP contribution is 2.15. The quantitative estimate of drug-likeness (QED) is 0.876. The Hall–Kier alpha value is -1.88. The molecule has 2 rings (SSSR count). The zero-order valence-corrected chi connectivity index (χ0v) is 13.2. The van der Waals surface area contributed by atoms with Crippen LogP contribution in [0, 0.1) is 6.92 Å². The summed E-state index contributed by atoms with van der Waals surface area (Å²) in [5.74, 6) is -0.0753. The van der Waals surface area contributed by atoms with E-state index in [1.54, 1.807) is 4.90 Å². The molecule has 0 spiro atoms. The Labute approximate surface area is 131 Å². The molecule has 0 unspecified atom stereocenters. The van der Waals surface area contributed by atoms with E-state index in [0.29, 0.717) is 32.4 Å². The average molecular weight is 304 g/mol. The lowest BCUT2D eigenvalue weighted by atomic mass is 10.1. The molecule has 1 aliphatic rings. The van der Waals surface area contributed by atoms with Crippen molar-refractivity contribution in [2.75, 3.05) is 13.1 Å².